The van der Waals surface area contributed by atoms with Crippen molar-refractivity contribution < 1.29 is 9.84 Å². The van der Waals surface area contributed by atoms with Crippen LogP contribution in [0.5, 0.6) is 5.75 Å². The van der Waals surface area contributed by atoms with Gasteiger partial charge in [-0.15, -0.1) is 0 Å². The summed E-state index contributed by atoms with van der Waals surface area (Å²) in [4.78, 5) is 2.10. The first-order chi connectivity index (χ1) is 8.51. The number of rotatable bonds is 7. The molecule has 0 bridgehead atoms. The zero-order valence-corrected chi connectivity index (χ0v) is 11.9. The van der Waals surface area contributed by atoms with Crippen LogP contribution in [0.15, 0.2) is 24.3 Å². The molecule has 18 heavy (non-hydrogen) atoms. The molecule has 1 aromatic carbocycles. The van der Waals surface area contributed by atoms with Gasteiger partial charge >= 0.3 is 0 Å². The van der Waals surface area contributed by atoms with E-state index in [9.17, 15) is 5.11 Å². The van der Waals surface area contributed by atoms with Gasteiger partial charge in [-0.1, -0.05) is 25.5 Å². The van der Waals surface area contributed by atoms with Crippen molar-refractivity contribution in [3.05, 3.63) is 29.8 Å². The Morgan fingerprint density at radius 1 is 1.28 bits per heavy atom. The van der Waals surface area contributed by atoms with Crippen LogP contribution in [0, 0.1) is 0 Å². The first-order valence-corrected chi connectivity index (χ1v) is 6.53. The Kier molecular flexibility index (Phi) is 5.63. The van der Waals surface area contributed by atoms with Crippen LogP contribution in [0.1, 0.15) is 31.7 Å². The van der Waals surface area contributed by atoms with E-state index in [1.54, 1.807) is 7.11 Å². The molecular weight excluding hydrogens is 226 g/mol. The third kappa shape index (κ3) is 4.00. The van der Waals surface area contributed by atoms with E-state index in [-0.39, 0.29) is 0 Å². The van der Waals surface area contributed by atoms with E-state index < -0.39 is 5.60 Å². The molecule has 0 aliphatic carbocycles. The summed E-state index contributed by atoms with van der Waals surface area (Å²) in [6.07, 6.45) is 2.47. The second kappa shape index (κ2) is 6.76. The Morgan fingerprint density at radius 2 is 2.00 bits per heavy atom. The zero-order chi connectivity index (χ0) is 13.6. The van der Waals surface area contributed by atoms with Gasteiger partial charge in [-0.2, -0.15) is 0 Å². The molecule has 0 saturated carbocycles. The maximum absolute atomic E-state index is 10.9. The molecule has 0 aromatic heterocycles. The summed E-state index contributed by atoms with van der Waals surface area (Å²) in [5.41, 5.74) is 0.193. The van der Waals surface area contributed by atoms with Gasteiger partial charge < -0.3 is 14.7 Å². The molecule has 0 radical (unpaired) electrons. The van der Waals surface area contributed by atoms with Crippen LogP contribution in [0.4, 0.5) is 0 Å². The van der Waals surface area contributed by atoms with Crippen molar-refractivity contribution in [1.82, 2.24) is 4.90 Å². The molecule has 1 aromatic rings. The molecule has 102 valence electrons. The largest absolute Gasteiger partial charge is 0.497 e. The van der Waals surface area contributed by atoms with E-state index in [4.69, 9.17) is 4.74 Å². The molecule has 0 aliphatic heterocycles. The van der Waals surface area contributed by atoms with Crippen LogP contribution in [0.2, 0.25) is 0 Å². The first kappa shape index (κ1) is 15.0. The Hall–Kier alpha value is -1.06. The predicted octanol–water partition coefficient (Wildman–Crippen LogP) is 2.63. The minimum atomic E-state index is -0.756. The average Bonchev–Trinajstić information content (AvgIpc) is 2.37. The fraction of sp³-hybridized carbons (Fsp3) is 0.600. The van der Waals surface area contributed by atoms with E-state index >= 15 is 0 Å². The molecule has 0 fully saturated rings. The Labute approximate surface area is 110 Å². The predicted molar refractivity (Wildman–Crippen MR) is 75.0 cm³/mol. The van der Waals surface area contributed by atoms with E-state index in [1.807, 2.05) is 38.4 Å². The highest BCUT2D eigenvalue weighted by Gasteiger charge is 2.28. The minimum Gasteiger partial charge on any atom is -0.497 e. The molecule has 1 N–H and O–H groups in total. The van der Waals surface area contributed by atoms with Crippen molar-refractivity contribution in [2.45, 2.75) is 31.8 Å². The average molecular weight is 251 g/mol. The number of methoxy groups -OCH3 is 1. The van der Waals surface area contributed by atoms with Crippen LogP contribution in [0.3, 0.4) is 0 Å². The van der Waals surface area contributed by atoms with E-state index in [1.165, 1.54) is 0 Å². The summed E-state index contributed by atoms with van der Waals surface area (Å²) >= 11 is 0. The highest BCUT2D eigenvalue weighted by atomic mass is 16.5. The highest BCUT2D eigenvalue weighted by Crippen LogP contribution is 2.32. The lowest BCUT2D eigenvalue weighted by Crippen LogP contribution is -2.30. The quantitative estimate of drug-likeness (QED) is 0.808. The highest BCUT2D eigenvalue weighted by molar-refractivity contribution is 5.32. The van der Waals surface area contributed by atoms with Crippen molar-refractivity contribution in [3.63, 3.8) is 0 Å². The van der Waals surface area contributed by atoms with Gasteiger partial charge in [0.15, 0.2) is 0 Å². The Bertz CT molecular complexity index is 365. The number of nitrogens with zero attached hydrogens (tertiary/aromatic N) is 1. The van der Waals surface area contributed by atoms with Crippen molar-refractivity contribution >= 4 is 0 Å². The number of aliphatic hydroxyl groups is 1. The third-order valence-electron chi connectivity index (χ3n) is 3.24. The molecule has 3 heteroatoms. The molecule has 0 spiro atoms. The van der Waals surface area contributed by atoms with Crippen LogP contribution in [-0.2, 0) is 5.60 Å². The van der Waals surface area contributed by atoms with Gasteiger partial charge in [0, 0.05) is 6.54 Å². The van der Waals surface area contributed by atoms with E-state index in [0.29, 0.717) is 0 Å². The van der Waals surface area contributed by atoms with Crippen molar-refractivity contribution in [3.8, 4) is 5.75 Å². The summed E-state index contributed by atoms with van der Waals surface area (Å²) < 4.78 is 5.23. The van der Waals surface area contributed by atoms with Crippen LogP contribution in [0.25, 0.3) is 0 Å². The van der Waals surface area contributed by atoms with Gasteiger partial charge in [0.25, 0.3) is 0 Å². The number of ether oxygens (including phenoxy) is 1. The topological polar surface area (TPSA) is 32.7 Å². The molecule has 3 nitrogen and oxygen atoms in total. The summed E-state index contributed by atoms with van der Waals surface area (Å²) in [7, 11) is 5.70. The fourth-order valence-corrected chi connectivity index (χ4v) is 2.15. The monoisotopic (exact) mass is 251 g/mol. The fourth-order valence-electron chi connectivity index (χ4n) is 2.15. The van der Waals surface area contributed by atoms with Gasteiger partial charge in [0.05, 0.1) is 12.7 Å². The van der Waals surface area contributed by atoms with Gasteiger partial charge in [0.1, 0.15) is 5.75 Å². The van der Waals surface area contributed by atoms with Crippen molar-refractivity contribution in [2.24, 2.45) is 0 Å². The smallest absolute Gasteiger partial charge is 0.119 e. The summed E-state index contributed by atoms with van der Waals surface area (Å²) in [5.74, 6) is 0.798. The molecule has 0 unspecified atom stereocenters. The number of hydrogen-bond donors (Lipinski definition) is 1. The minimum absolute atomic E-state index is 0.737. The summed E-state index contributed by atoms with van der Waals surface area (Å²) in [5, 5.41) is 10.9. The number of hydrogen-bond acceptors (Lipinski definition) is 3. The van der Waals surface area contributed by atoms with Gasteiger partial charge in [-0.25, -0.2) is 0 Å². The summed E-state index contributed by atoms with van der Waals surface area (Å²) in [6.45, 7) is 2.97. The van der Waals surface area contributed by atoms with Gasteiger partial charge in [-0.3, -0.25) is 0 Å². The van der Waals surface area contributed by atoms with Crippen LogP contribution < -0.4 is 4.74 Å². The Balaban J connectivity index is 2.93. The molecule has 0 saturated heterocycles. The second-order valence-electron chi connectivity index (χ2n) is 5.07. The van der Waals surface area contributed by atoms with Crippen molar-refractivity contribution in [2.75, 3.05) is 27.7 Å². The Morgan fingerprint density at radius 3 is 2.56 bits per heavy atom. The maximum Gasteiger partial charge on any atom is 0.119 e. The number of benzene rings is 1. The lowest BCUT2D eigenvalue weighted by molar-refractivity contribution is 0.0115. The zero-order valence-electron chi connectivity index (χ0n) is 11.9. The van der Waals surface area contributed by atoms with Crippen molar-refractivity contribution in [1.29, 1.82) is 0 Å². The second-order valence-corrected chi connectivity index (χ2v) is 5.07. The SMILES string of the molecule is CCC[C@@](O)(CCN(C)C)c1cccc(OC)c1. The lowest BCUT2D eigenvalue weighted by atomic mass is 9.86. The first-order valence-electron chi connectivity index (χ1n) is 6.53. The maximum atomic E-state index is 10.9. The molecule has 0 heterocycles. The lowest BCUT2D eigenvalue weighted by Gasteiger charge is -2.30. The summed E-state index contributed by atoms with van der Waals surface area (Å²) in [6, 6.07) is 7.76. The molecule has 1 atom stereocenters. The van der Waals surface area contributed by atoms with E-state index in [2.05, 4.69) is 11.8 Å². The standard InChI is InChI=1S/C15H25NO2/c1-5-9-15(17,10-11-16(2)3)13-7-6-8-14(12-13)18-4/h6-8,12,17H,5,9-11H2,1-4H3/t15-/m1/s1. The molecule has 0 aliphatic rings. The molecule has 0 amide bonds. The van der Waals surface area contributed by atoms with Gasteiger partial charge in [0.2, 0.25) is 0 Å². The van der Waals surface area contributed by atoms with Gasteiger partial charge in [-0.05, 0) is 44.6 Å². The molecular formula is C15H25NO2. The third-order valence-corrected chi connectivity index (χ3v) is 3.24. The normalized spacial score (nSPS) is 14.6. The van der Waals surface area contributed by atoms with Crippen LogP contribution >= 0.6 is 0 Å². The van der Waals surface area contributed by atoms with Crippen LogP contribution in [-0.4, -0.2) is 37.8 Å². The molecule has 1 rings (SSSR count). The van der Waals surface area contributed by atoms with E-state index in [0.717, 1.165) is 37.1 Å².